The van der Waals surface area contributed by atoms with E-state index in [1.165, 1.54) is 23.8 Å². The Morgan fingerprint density at radius 1 is 0.971 bits per heavy atom. The van der Waals surface area contributed by atoms with Crippen LogP contribution in [0.4, 0.5) is 0 Å². The average Bonchev–Trinajstić information content (AvgIpc) is 3.18. The maximum atomic E-state index is 12.8. The standard InChI is InChI=1S/C26H24ClNO5S/c1-16(2)25(28-34(31,32)21-8-5-7-20(27)14-21)26(30)33-15-24(29)19-11-10-18-12-17-6-3-4-9-22(17)23(18)13-19/h3-11,13-14,16,25,28H,12,15H2,1-2H3. The van der Waals surface area contributed by atoms with Crippen LogP contribution in [0.3, 0.4) is 0 Å². The van der Waals surface area contributed by atoms with Crippen LogP contribution in [0, 0.1) is 5.92 Å². The highest BCUT2D eigenvalue weighted by molar-refractivity contribution is 7.89. The first kappa shape index (κ1) is 24.1. The Bertz CT molecular complexity index is 1370. The number of fused-ring (bicyclic) bond motifs is 3. The van der Waals surface area contributed by atoms with Crippen molar-refractivity contribution in [2.75, 3.05) is 6.61 Å². The van der Waals surface area contributed by atoms with Gasteiger partial charge in [0, 0.05) is 10.6 Å². The summed E-state index contributed by atoms with van der Waals surface area (Å²) in [7, 11) is -4.02. The number of nitrogens with one attached hydrogen (secondary N) is 1. The summed E-state index contributed by atoms with van der Waals surface area (Å²) in [5.74, 6) is -1.59. The number of Topliss-reactive ketones (excluding diaryl/α,β-unsaturated/α-hetero) is 1. The molecule has 3 aromatic rings. The summed E-state index contributed by atoms with van der Waals surface area (Å²) in [6.07, 6.45) is 0.817. The number of halogens is 1. The monoisotopic (exact) mass is 497 g/mol. The largest absolute Gasteiger partial charge is 0.456 e. The first-order valence-electron chi connectivity index (χ1n) is 10.8. The quantitative estimate of drug-likeness (QED) is 0.283. The molecule has 176 valence electrons. The van der Waals surface area contributed by atoms with Gasteiger partial charge in [-0.15, -0.1) is 0 Å². The van der Waals surface area contributed by atoms with Gasteiger partial charge in [0.25, 0.3) is 0 Å². The molecule has 6 nitrogen and oxygen atoms in total. The van der Waals surface area contributed by atoms with Crippen molar-refractivity contribution in [3.8, 4) is 11.1 Å². The molecule has 1 atom stereocenters. The van der Waals surface area contributed by atoms with E-state index in [4.69, 9.17) is 16.3 Å². The molecule has 34 heavy (non-hydrogen) atoms. The van der Waals surface area contributed by atoms with Crippen molar-refractivity contribution in [3.05, 3.63) is 88.4 Å². The first-order chi connectivity index (χ1) is 16.2. The van der Waals surface area contributed by atoms with Gasteiger partial charge in [-0.1, -0.05) is 67.9 Å². The van der Waals surface area contributed by atoms with Crippen LogP contribution in [-0.2, 0) is 26.0 Å². The maximum absolute atomic E-state index is 12.8. The molecule has 1 aliphatic rings. The van der Waals surface area contributed by atoms with Gasteiger partial charge in [0.15, 0.2) is 12.4 Å². The third-order valence-electron chi connectivity index (χ3n) is 5.77. The number of esters is 1. The molecule has 0 aromatic heterocycles. The van der Waals surface area contributed by atoms with Gasteiger partial charge in [0.1, 0.15) is 6.04 Å². The number of rotatable bonds is 8. The summed E-state index contributed by atoms with van der Waals surface area (Å²) in [5, 5.41) is 0.258. The van der Waals surface area contributed by atoms with Crippen molar-refractivity contribution in [1.29, 1.82) is 0 Å². The molecule has 3 aromatic carbocycles. The van der Waals surface area contributed by atoms with Crippen molar-refractivity contribution in [2.45, 2.75) is 31.2 Å². The van der Waals surface area contributed by atoms with Crippen LogP contribution in [0.5, 0.6) is 0 Å². The molecule has 0 heterocycles. The molecule has 0 saturated carbocycles. The highest BCUT2D eigenvalue weighted by atomic mass is 35.5. The van der Waals surface area contributed by atoms with E-state index in [1.54, 1.807) is 26.0 Å². The van der Waals surface area contributed by atoms with Crippen molar-refractivity contribution in [3.63, 3.8) is 0 Å². The SMILES string of the molecule is CC(C)C(NS(=O)(=O)c1cccc(Cl)c1)C(=O)OCC(=O)c1ccc2c(c1)-c1ccccc1C2. The van der Waals surface area contributed by atoms with E-state index in [0.717, 1.165) is 23.1 Å². The fourth-order valence-electron chi connectivity index (χ4n) is 3.93. The van der Waals surface area contributed by atoms with E-state index in [2.05, 4.69) is 10.8 Å². The van der Waals surface area contributed by atoms with Gasteiger partial charge in [0.05, 0.1) is 4.90 Å². The molecular formula is C26H24ClNO5S. The molecule has 0 bridgehead atoms. The van der Waals surface area contributed by atoms with Gasteiger partial charge >= 0.3 is 5.97 Å². The Labute approximate surface area is 204 Å². The lowest BCUT2D eigenvalue weighted by Gasteiger charge is -2.20. The molecular weight excluding hydrogens is 474 g/mol. The zero-order valence-corrected chi connectivity index (χ0v) is 20.3. The summed E-state index contributed by atoms with van der Waals surface area (Å²) in [6.45, 7) is 2.89. The van der Waals surface area contributed by atoms with Crippen LogP contribution in [0.15, 0.2) is 71.6 Å². The van der Waals surface area contributed by atoms with Gasteiger partial charge in [-0.2, -0.15) is 4.72 Å². The number of ketones is 1. The van der Waals surface area contributed by atoms with Gasteiger partial charge in [0.2, 0.25) is 10.0 Å². The number of hydrogen-bond acceptors (Lipinski definition) is 5. The van der Waals surface area contributed by atoms with Crippen molar-refractivity contribution in [2.24, 2.45) is 5.92 Å². The van der Waals surface area contributed by atoms with E-state index >= 15 is 0 Å². The number of ether oxygens (including phenoxy) is 1. The van der Waals surface area contributed by atoms with E-state index < -0.39 is 34.6 Å². The summed E-state index contributed by atoms with van der Waals surface area (Å²) < 4.78 is 33.1. The number of carbonyl (C=O) groups excluding carboxylic acids is 2. The third kappa shape index (κ3) is 5.06. The average molecular weight is 498 g/mol. The van der Waals surface area contributed by atoms with E-state index in [0.29, 0.717) is 5.56 Å². The Morgan fingerprint density at radius 2 is 1.71 bits per heavy atom. The zero-order chi connectivity index (χ0) is 24.5. The molecule has 1 unspecified atom stereocenters. The molecule has 4 rings (SSSR count). The minimum absolute atomic E-state index is 0.0621. The second-order valence-corrected chi connectivity index (χ2v) is 10.7. The Kier molecular flexibility index (Phi) is 6.89. The lowest BCUT2D eigenvalue weighted by molar-refractivity contribution is -0.145. The van der Waals surface area contributed by atoms with Crippen LogP contribution in [0.2, 0.25) is 5.02 Å². The lowest BCUT2D eigenvalue weighted by Crippen LogP contribution is -2.45. The number of benzene rings is 3. The fraction of sp³-hybridized carbons (Fsp3) is 0.231. The molecule has 1 N–H and O–H groups in total. The van der Waals surface area contributed by atoms with Gasteiger partial charge in [-0.25, -0.2) is 8.42 Å². The Hall–Kier alpha value is -3.00. The molecule has 0 amide bonds. The molecule has 0 fully saturated rings. The normalized spacial score (nSPS) is 13.3. The van der Waals surface area contributed by atoms with Crippen molar-refractivity contribution < 1.29 is 22.7 Å². The van der Waals surface area contributed by atoms with Crippen LogP contribution in [-0.4, -0.2) is 32.8 Å². The smallest absolute Gasteiger partial charge is 0.324 e. The molecule has 8 heteroatoms. The van der Waals surface area contributed by atoms with Crippen LogP contribution < -0.4 is 4.72 Å². The summed E-state index contributed by atoms with van der Waals surface area (Å²) >= 11 is 5.90. The number of hydrogen-bond donors (Lipinski definition) is 1. The number of carbonyl (C=O) groups is 2. The van der Waals surface area contributed by atoms with Gasteiger partial charge in [-0.3, -0.25) is 9.59 Å². The van der Waals surface area contributed by atoms with Gasteiger partial charge < -0.3 is 4.74 Å². The van der Waals surface area contributed by atoms with Crippen molar-refractivity contribution in [1.82, 2.24) is 4.72 Å². The van der Waals surface area contributed by atoms with Crippen molar-refractivity contribution >= 4 is 33.4 Å². The third-order valence-corrected chi connectivity index (χ3v) is 7.45. The first-order valence-corrected chi connectivity index (χ1v) is 12.7. The highest BCUT2D eigenvalue weighted by Gasteiger charge is 2.30. The topological polar surface area (TPSA) is 89.5 Å². The zero-order valence-electron chi connectivity index (χ0n) is 18.7. The molecule has 0 radical (unpaired) electrons. The predicted octanol–water partition coefficient (Wildman–Crippen LogP) is 4.64. The van der Waals surface area contributed by atoms with Crippen LogP contribution in [0.1, 0.15) is 35.3 Å². The minimum atomic E-state index is -4.02. The highest BCUT2D eigenvalue weighted by Crippen LogP contribution is 2.36. The molecule has 1 aliphatic carbocycles. The minimum Gasteiger partial charge on any atom is -0.456 e. The molecule has 0 spiro atoms. The maximum Gasteiger partial charge on any atom is 0.324 e. The summed E-state index contributed by atoms with van der Waals surface area (Å²) in [6, 6.07) is 18.1. The van der Waals surface area contributed by atoms with E-state index in [1.807, 2.05) is 30.3 Å². The molecule has 0 aliphatic heterocycles. The van der Waals surface area contributed by atoms with Crippen LogP contribution >= 0.6 is 11.6 Å². The van der Waals surface area contributed by atoms with E-state index in [9.17, 15) is 18.0 Å². The van der Waals surface area contributed by atoms with Gasteiger partial charge in [-0.05, 0) is 58.9 Å². The lowest BCUT2D eigenvalue weighted by atomic mass is 10.0. The fourth-order valence-corrected chi connectivity index (χ4v) is 5.57. The summed E-state index contributed by atoms with van der Waals surface area (Å²) in [4.78, 5) is 25.4. The molecule has 0 saturated heterocycles. The Balaban J connectivity index is 1.44. The second kappa shape index (κ2) is 9.70. The van der Waals surface area contributed by atoms with E-state index in [-0.39, 0.29) is 15.7 Å². The Morgan fingerprint density at radius 3 is 2.44 bits per heavy atom. The predicted molar refractivity (Wildman–Crippen MR) is 130 cm³/mol. The van der Waals surface area contributed by atoms with Crippen LogP contribution in [0.25, 0.3) is 11.1 Å². The second-order valence-electron chi connectivity index (χ2n) is 8.54. The number of sulfonamides is 1. The summed E-state index contributed by atoms with van der Waals surface area (Å²) in [5.41, 5.74) is 4.88.